The summed E-state index contributed by atoms with van der Waals surface area (Å²) >= 11 is 0. The monoisotopic (exact) mass is 171 g/mol. The fraction of sp³-hybridized carbons (Fsp3) is 0.667. The summed E-state index contributed by atoms with van der Waals surface area (Å²) in [6, 6.07) is -0.639. The van der Waals surface area contributed by atoms with Gasteiger partial charge in [-0.05, 0) is 6.92 Å². The highest BCUT2D eigenvalue weighted by atomic mass is 16.5. The highest BCUT2D eigenvalue weighted by Crippen LogP contribution is 2.27. The number of ether oxygens (including phenoxy) is 1. The highest BCUT2D eigenvalue weighted by molar-refractivity contribution is 5.77. The van der Waals surface area contributed by atoms with Crippen LogP contribution in [0.5, 0.6) is 0 Å². The van der Waals surface area contributed by atoms with Crippen LogP contribution in [0.1, 0.15) is 20.8 Å². The van der Waals surface area contributed by atoms with Crippen molar-refractivity contribution in [2.24, 2.45) is 11.1 Å². The Hall–Kier alpha value is -0.830. The summed E-state index contributed by atoms with van der Waals surface area (Å²) in [5.41, 5.74) is 6.14. The third-order valence-corrected chi connectivity index (χ3v) is 2.33. The van der Waals surface area contributed by atoms with E-state index in [0.29, 0.717) is 0 Å². The van der Waals surface area contributed by atoms with Gasteiger partial charge in [0.25, 0.3) is 0 Å². The van der Waals surface area contributed by atoms with E-state index in [9.17, 15) is 4.79 Å². The first-order valence-corrected chi connectivity index (χ1v) is 3.83. The van der Waals surface area contributed by atoms with Crippen LogP contribution in [0, 0.1) is 5.41 Å². The molecule has 0 bridgehead atoms. The summed E-state index contributed by atoms with van der Waals surface area (Å²) in [5.74, 6) is -0.400. The van der Waals surface area contributed by atoms with Crippen molar-refractivity contribution in [3.8, 4) is 0 Å². The van der Waals surface area contributed by atoms with Crippen molar-refractivity contribution >= 4 is 5.97 Å². The lowest BCUT2D eigenvalue weighted by atomic mass is 9.79. The molecule has 0 rings (SSSR count). The number of carbonyl (C=O) groups is 1. The van der Waals surface area contributed by atoms with Gasteiger partial charge in [0.15, 0.2) is 0 Å². The lowest BCUT2D eigenvalue weighted by molar-refractivity contribution is -0.144. The zero-order chi connectivity index (χ0) is 9.94. The maximum absolute atomic E-state index is 11.1. The molecule has 0 spiro atoms. The Kier molecular flexibility index (Phi) is 3.46. The summed E-state index contributed by atoms with van der Waals surface area (Å²) in [6.07, 6.45) is 0. The van der Waals surface area contributed by atoms with E-state index in [2.05, 4.69) is 11.3 Å². The number of rotatable bonds is 3. The van der Waals surface area contributed by atoms with Crippen molar-refractivity contribution in [2.45, 2.75) is 26.8 Å². The van der Waals surface area contributed by atoms with Crippen molar-refractivity contribution in [1.29, 1.82) is 0 Å². The normalized spacial score (nSPS) is 13.8. The highest BCUT2D eigenvalue weighted by Gasteiger charge is 2.33. The molecule has 0 saturated carbocycles. The molecule has 0 saturated heterocycles. The molecule has 1 atom stereocenters. The minimum atomic E-state index is -0.639. The molecule has 3 heteroatoms. The van der Waals surface area contributed by atoms with Crippen LogP contribution in [0.15, 0.2) is 12.2 Å². The number of methoxy groups -OCH3 is 1. The van der Waals surface area contributed by atoms with Crippen molar-refractivity contribution in [1.82, 2.24) is 0 Å². The van der Waals surface area contributed by atoms with Gasteiger partial charge in [-0.25, -0.2) is 0 Å². The standard InChI is InChI=1S/C9H17NO2/c1-6(2)9(3,4)7(10)8(11)12-5/h7H,1,10H2,2-5H3. The zero-order valence-corrected chi connectivity index (χ0v) is 8.18. The van der Waals surface area contributed by atoms with Crippen LogP contribution in [-0.2, 0) is 9.53 Å². The predicted molar refractivity (Wildman–Crippen MR) is 48.6 cm³/mol. The van der Waals surface area contributed by atoms with Gasteiger partial charge in [0.1, 0.15) is 6.04 Å². The van der Waals surface area contributed by atoms with Crippen LogP contribution in [0.2, 0.25) is 0 Å². The van der Waals surface area contributed by atoms with Crippen LogP contribution in [0.4, 0.5) is 0 Å². The van der Waals surface area contributed by atoms with Crippen molar-refractivity contribution in [3.05, 3.63) is 12.2 Å². The quantitative estimate of drug-likeness (QED) is 0.511. The third-order valence-electron chi connectivity index (χ3n) is 2.33. The van der Waals surface area contributed by atoms with Gasteiger partial charge in [0.05, 0.1) is 7.11 Å². The Labute approximate surface area is 73.6 Å². The summed E-state index contributed by atoms with van der Waals surface area (Å²) in [7, 11) is 1.33. The number of carbonyl (C=O) groups excluding carboxylic acids is 1. The van der Waals surface area contributed by atoms with Gasteiger partial charge in [-0.1, -0.05) is 26.0 Å². The second-order valence-corrected chi connectivity index (χ2v) is 3.50. The molecule has 12 heavy (non-hydrogen) atoms. The minimum Gasteiger partial charge on any atom is -0.468 e. The molecule has 0 aromatic rings. The second-order valence-electron chi connectivity index (χ2n) is 3.50. The molecule has 0 heterocycles. The van der Waals surface area contributed by atoms with E-state index in [-0.39, 0.29) is 0 Å². The Morgan fingerprint density at radius 2 is 2.00 bits per heavy atom. The average molecular weight is 171 g/mol. The second kappa shape index (κ2) is 3.72. The molecule has 2 N–H and O–H groups in total. The summed E-state index contributed by atoms with van der Waals surface area (Å²) < 4.78 is 4.54. The summed E-state index contributed by atoms with van der Waals surface area (Å²) in [5, 5.41) is 0. The molecule has 0 amide bonds. The minimum absolute atomic E-state index is 0.400. The lowest BCUT2D eigenvalue weighted by Crippen LogP contribution is -2.45. The van der Waals surface area contributed by atoms with Gasteiger partial charge in [0, 0.05) is 5.41 Å². The zero-order valence-electron chi connectivity index (χ0n) is 8.18. The summed E-state index contributed by atoms with van der Waals surface area (Å²) in [4.78, 5) is 11.1. The van der Waals surface area contributed by atoms with Gasteiger partial charge in [-0.2, -0.15) is 0 Å². The van der Waals surface area contributed by atoms with Crippen molar-refractivity contribution in [2.75, 3.05) is 7.11 Å². The van der Waals surface area contributed by atoms with Gasteiger partial charge in [-0.3, -0.25) is 4.79 Å². The number of nitrogens with two attached hydrogens (primary N) is 1. The molecule has 3 nitrogen and oxygen atoms in total. The topological polar surface area (TPSA) is 52.3 Å². The molecule has 0 fully saturated rings. The number of hydrogen-bond acceptors (Lipinski definition) is 3. The molecule has 0 aliphatic carbocycles. The Morgan fingerprint density at radius 3 is 2.25 bits per heavy atom. The van der Waals surface area contributed by atoms with Crippen LogP contribution in [0.25, 0.3) is 0 Å². The summed E-state index contributed by atoms with van der Waals surface area (Å²) in [6.45, 7) is 9.37. The molecular weight excluding hydrogens is 154 g/mol. The number of esters is 1. The molecule has 0 aliphatic rings. The van der Waals surface area contributed by atoms with Crippen LogP contribution < -0.4 is 5.73 Å². The smallest absolute Gasteiger partial charge is 0.323 e. The van der Waals surface area contributed by atoms with E-state index in [1.54, 1.807) is 0 Å². The molecule has 0 aromatic carbocycles. The van der Waals surface area contributed by atoms with E-state index in [0.717, 1.165) is 5.57 Å². The van der Waals surface area contributed by atoms with Crippen LogP contribution in [-0.4, -0.2) is 19.1 Å². The van der Waals surface area contributed by atoms with E-state index in [4.69, 9.17) is 5.73 Å². The number of hydrogen-bond donors (Lipinski definition) is 1. The predicted octanol–water partition coefficient (Wildman–Crippen LogP) is 1.09. The maximum Gasteiger partial charge on any atom is 0.323 e. The average Bonchev–Trinajstić information content (AvgIpc) is 2.01. The van der Waals surface area contributed by atoms with Crippen LogP contribution in [0.3, 0.4) is 0 Å². The molecule has 0 aromatic heterocycles. The van der Waals surface area contributed by atoms with Gasteiger partial charge < -0.3 is 10.5 Å². The molecule has 70 valence electrons. The van der Waals surface area contributed by atoms with E-state index >= 15 is 0 Å². The fourth-order valence-electron chi connectivity index (χ4n) is 0.687. The SMILES string of the molecule is C=C(C)C(C)(C)C(N)C(=O)OC. The van der Waals surface area contributed by atoms with Crippen LogP contribution >= 0.6 is 0 Å². The van der Waals surface area contributed by atoms with Crippen molar-refractivity contribution in [3.63, 3.8) is 0 Å². The first-order valence-electron chi connectivity index (χ1n) is 3.83. The van der Waals surface area contributed by atoms with E-state index in [1.165, 1.54) is 7.11 Å². The molecule has 0 radical (unpaired) electrons. The Morgan fingerprint density at radius 1 is 1.58 bits per heavy atom. The van der Waals surface area contributed by atoms with Crippen molar-refractivity contribution < 1.29 is 9.53 Å². The van der Waals surface area contributed by atoms with Gasteiger partial charge in [-0.15, -0.1) is 0 Å². The van der Waals surface area contributed by atoms with E-state index < -0.39 is 17.4 Å². The molecule has 1 unspecified atom stereocenters. The largest absolute Gasteiger partial charge is 0.468 e. The Bertz CT molecular complexity index is 197. The van der Waals surface area contributed by atoms with Gasteiger partial charge >= 0.3 is 5.97 Å². The van der Waals surface area contributed by atoms with E-state index in [1.807, 2.05) is 20.8 Å². The van der Waals surface area contributed by atoms with Gasteiger partial charge in [0.2, 0.25) is 0 Å². The maximum atomic E-state index is 11.1. The lowest BCUT2D eigenvalue weighted by Gasteiger charge is -2.29. The Balaban J connectivity index is 4.56. The fourth-order valence-corrected chi connectivity index (χ4v) is 0.687. The molecule has 0 aliphatic heterocycles. The first kappa shape index (κ1) is 11.2. The molecular formula is C9H17NO2. The first-order chi connectivity index (χ1) is 5.34. The third kappa shape index (κ3) is 2.08.